The van der Waals surface area contributed by atoms with Gasteiger partial charge in [-0.15, -0.1) is 22.7 Å². The van der Waals surface area contributed by atoms with E-state index in [1.165, 1.54) is 17.4 Å². The Labute approximate surface area is 150 Å². The second-order valence-corrected chi connectivity index (χ2v) is 7.55. The molecular formula is C16H11ClN4OS2. The van der Waals surface area contributed by atoms with Gasteiger partial charge in [0, 0.05) is 23.3 Å². The lowest BCUT2D eigenvalue weighted by molar-refractivity contribution is -0.111. The third-order valence-electron chi connectivity index (χ3n) is 3.41. The van der Waals surface area contributed by atoms with E-state index in [-0.39, 0.29) is 5.91 Å². The van der Waals surface area contributed by atoms with Crippen molar-refractivity contribution in [3.05, 3.63) is 51.7 Å². The van der Waals surface area contributed by atoms with Crippen LogP contribution in [0.1, 0.15) is 10.7 Å². The van der Waals surface area contributed by atoms with E-state index in [1.54, 1.807) is 17.4 Å². The number of aryl methyl sites for hydroxylation is 1. The van der Waals surface area contributed by atoms with Crippen molar-refractivity contribution < 1.29 is 4.79 Å². The molecule has 0 aliphatic heterocycles. The van der Waals surface area contributed by atoms with Gasteiger partial charge in [-0.1, -0.05) is 11.6 Å². The zero-order chi connectivity index (χ0) is 16.7. The third-order valence-corrected chi connectivity index (χ3v) is 5.38. The maximum atomic E-state index is 12.2. The first-order valence-electron chi connectivity index (χ1n) is 7.07. The standard InChI is InChI=1S/C16H11ClN4OS2/c1-9-18-11-3-2-10(8-13(11)24-9)19-14(22)5-4-12-15(17)20-16-21(12)6-7-23-16/h2-8H,1H3,(H,19,22)/b5-4+. The van der Waals surface area contributed by atoms with E-state index in [0.29, 0.717) is 10.8 Å². The molecule has 4 aromatic rings. The van der Waals surface area contributed by atoms with Crippen LogP contribution in [0, 0.1) is 6.92 Å². The summed E-state index contributed by atoms with van der Waals surface area (Å²) in [6, 6.07) is 5.67. The molecule has 0 radical (unpaired) electrons. The molecule has 0 bridgehead atoms. The average Bonchev–Trinajstić information content (AvgIpc) is 3.19. The molecule has 3 aromatic heterocycles. The van der Waals surface area contributed by atoms with Crippen LogP contribution in [-0.4, -0.2) is 20.3 Å². The van der Waals surface area contributed by atoms with Crippen molar-refractivity contribution in [3.63, 3.8) is 0 Å². The third kappa shape index (κ3) is 2.82. The first-order chi connectivity index (χ1) is 11.6. The van der Waals surface area contributed by atoms with E-state index >= 15 is 0 Å². The van der Waals surface area contributed by atoms with Gasteiger partial charge in [-0.25, -0.2) is 9.97 Å². The van der Waals surface area contributed by atoms with Gasteiger partial charge in [-0.2, -0.15) is 0 Å². The molecule has 8 heteroatoms. The maximum Gasteiger partial charge on any atom is 0.248 e. The van der Waals surface area contributed by atoms with Crippen LogP contribution in [0.25, 0.3) is 21.3 Å². The summed E-state index contributed by atoms with van der Waals surface area (Å²) < 4.78 is 2.90. The number of halogens is 1. The Morgan fingerprint density at radius 2 is 2.25 bits per heavy atom. The summed E-state index contributed by atoms with van der Waals surface area (Å²) in [6.45, 7) is 1.96. The molecule has 1 N–H and O–H groups in total. The number of rotatable bonds is 3. The fourth-order valence-corrected chi connectivity index (χ4v) is 4.25. The fraction of sp³-hybridized carbons (Fsp3) is 0.0625. The lowest BCUT2D eigenvalue weighted by Gasteiger charge is -2.01. The van der Waals surface area contributed by atoms with Gasteiger partial charge >= 0.3 is 0 Å². The van der Waals surface area contributed by atoms with Crippen LogP contribution in [-0.2, 0) is 4.79 Å². The molecular weight excluding hydrogens is 364 g/mol. The fourth-order valence-electron chi connectivity index (χ4n) is 2.38. The van der Waals surface area contributed by atoms with Gasteiger partial charge in [-0.3, -0.25) is 9.20 Å². The number of carbonyl (C=O) groups is 1. The predicted molar refractivity (Wildman–Crippen MR) is 100 cm³/mol. The molecule has 0 aliphatic rings. The highest BCUT2D eigenvalue weighted by Gasteiger charge is 2.09. The first kappa shape index (κ1) is 15.3. The van der Waals surface area contributed by atoms with Crippen molar-refractivity contribution >= 4 is 67.1 Å². The summed E-state index contributed by atoms with van der Waals surface area (Å²) in [5.41, 5.74) is 2.37. The minimum Gasteiger partial charge on any atom is -0.322 e. The Kier molecular flexibility index (Phi) is 3.84. The monoisotopic (exact) mass is 374 g/mol. The van der Waals surface area contributed by atoms with Gasteiger partial charge < -0.3 is 5.32 Å². The van der Waals surface area contributed by atoms with Crippen LogP contribution >= 0.6 is 34.3 Å². The van der Waals surface area contributed by atoms with Gasteiger partial charge in [0.1, 0.15) is 0 Å². The molecule has 0 saturated heterocycles. The van der Waals surface area contributed by atoms with E-state index in [4.69, 9.17) is 11.6 Å². The molecule has 1 aromatic carbocycles. The van der Waals surface area contributed by atoms with Crippen LogP contribution in [0.3, 0.4) is 0 Å². The lowest BCUT2D eigenvalue weighted by atomic mass is 10.3. The van der Waals surface area contributed by atoms with E-state index in [1.807, 2.05) is 41.1 Å². The molecule has 0 saturated carbocycles. The second kappa shape index (κ2) is 6.01. The number of carbonyl (C=O) groups excluding carboxylic acids is 1. The van der Waals surface area contributed by atoms with E-state index in [9.17, 15) is 4.79 Å². The van der Waals surface area contributed by atoms with Crippen molar-refractivity contribution in [2.45, 2.75) is 6.92 Å². The smallest absolute Gasteiger partial charge is 0.248 e. The summed E-state index contributed by atoms with van der Waals surface area (Å²) in [6.07, 6.45) is 4.99. The topological polar surface area (TPSA) is 59.3 Å². The summed E-state index contributed by atoms with van der Waals surface area (Å²) >= 11 is 9.20. The van der Waals surface area contributed by atoms with Gasteiger partial charge in [0.05, 0.1) is 20.9 Å². The average molecular weight is 375 g/mol. The number of nitrogens with one attached hydrogen (secondary N) is 1. The molecule has 0 unspecified atom stereocenters. The summed E-state index contributed by atoms with van der Waals surface area (Å²) in [7, 11) is 0. The molecule has 120 valence electrons. The van der Waals surface area contributed by atoms with E-state index in [2.05, 4.69) is 15.3 Å². The largest absolute Gasteiger partial charge is 0.322 e. The van der Waals surface area contributed by atoms with Crippen LogP contribution in [0.15, 0.2) is 35.9 Å². The second-order valence-electron chi connectivity index (χ2n) is 5.08. The Balaban J connectivity index is 1.55. The molecule has 5 nitrogen and oxygen atoms in total. The highest BCUT2D eigenvalue weighted by molar-refractivity contribution is 7.18. The molecule has 24 heavy (non-hydrogen) atoms. The maximum absolute atomic E-state index is 12.2. The SMILES string of the molecule is Cc1nc2ccc(NC(=O)/C=C/c3c(Cl)nc4sccn34)cc2s1. The van der Waals surface area contributed by atoms with Crippen LogP contribution in [0.4, 0.5) is 5.69 Å². The molecule has 3 heterocycles. The number of hydrogen-bond donors (Lipinski definition) is 1. The van der Waals surface area contributed by atoms with Crippen LogP contribution in [0.2, 0.25) is 5.15 Å². The number of thiazole rings is 2. The zero-order valence-corrected chi connectivity index (χ0v) is 14.9. The number of nitrogens with zero attached hydrogens (tertiary/aromatic N) is 3. The first-order valence-corrected chi connectivity index (χ1v) is 9.15. The summed E-state index contributed by atoms with van der Waals surface area (Å²) in [5, 5.41) is 6.15. The van der Waals surface area contributed by atoms with Crippen molar-refractivity contribution in [2.75, 3.05) is 5.32 Å². The minimum absolute atomic E-state index is 0.225. The zero-order valence-electron chi connectivity index (χ0n) is 12.5. The normalized spacial score (nSPS) is 11.8. The Hall–Kier alpha value is -2.22. The Morgan fingerprint density at radius 1 is 1.38 bits per heavy atom. The minimum atomic E-state index is -0.225. The van der Waals surface area contributed by atoms with Crippen molar-refractivity contribution in [3.8, 4) is 0 Å². The number of amides is 1. The Bertz CT molecular complexity index is 1090. The molecule has 0 spiro atoms. The van der Waals surface area contributed by atoms with Gasteiger partial charge in [0.15, 0.2) is 10.1 Å². The molecule has 0 atom stereocenters. The summed E-state index contributed by atoms with van der Waals surface area (Å²) in [4.78, 5) is 21.6. The Morgan fingerprint density at radius 3 is 3.12 bits per heavy atom. The lowest BCUT2D eigenvalue weighted by Crippen LogP contribution is -2.07. The number of imidazole rings is 1. The van der Waals surface area contributed by atoms with E-state index < -0.39 is 0 Å². The van der Waals surface area contributed by atoms with Crippen LogP contribution < -0.4 is 5.32 Å². The van der Waals surface area contributed by atoms with Crippen molar-refractivity contribution in [1.29, 1.82) is 0 Å². The van der Waals surface area contributed by atoms with Gasteiger partial charge in [0.2, 0.25) is 5.91 Å². The van der Waals surface area contributed by atoms with Crippen LogP contribution in [0.5, 0.6) is 0 Å². The molecule has 0 fully saturated rings. The van der Waals surface area contributed by atoms with E-state index in [0.717, 1.165) is 25.9 Å². The molecule has 0 aliphatic carbocycles. The summed E-state index contributed by atoms with van der Waals surface area (Å²) in [5.74, 6) is -0.225. The van der Waals surface area contributed by atoms with Gasteiger partial charge in [0.25, 0.3) is 0 Å². The highest BCUT2D eigenvalue weighted by Crippen LogP contribution is 2.25. The van der Waals surface area contributed by atoms with Crippen molar-refractivity contribution in [1.82, 2.24) is 14.4 Å². The molecule has 4 rings (SSSR count). The quantitative estimate of drug-likeness (QED) is 0.532. The highest BCUT2D eigenvalue weighted by atomic mass is 35.5. The number of benzene rings is 1. The van der Waals surface area contributed by atoms with Gasteiger partial charge in [-0.05, 0) is 31.2 Å². The number of hydrogen-bond acceptors (Lipinski definition) is 5. The number of fused-ring (bicyclic) bond motifs is 2. The molecule has 1 amide bonds. The van der Waals surface area contributed by atoms with Crippen molar-refractivity contribution in [2.24, 2.45) is 0 Å². The predicted octanol–water partition coefficient (Wildman–Crippen LogP) is 4.62. The number of aromatic nitrogens is 3. The number of anilines is 1.